The number of likely N-dealkylation sites (N-methyl/N-ethyl adjacent to an activating group) is 1. The number of aliphatic hydroxyl groups is 1. The number of hydrogen-bond acceptors (Lipinski definition) is 5. The highest BCUT2D eigenvalue weighted by molar-refractivity contribution is 5.94. The lowest BCUT2D eigenvalue weighted by atomic mass is 9.86. The Hall–Kier alpha value is -2.84. The van der Waals surface area contributed by atoms with Gasteiger partial charge in [-0.25, -0.2) is 13.8 Å². The molecule has 1 amide bonds. The van der Waals surface area contributed by atoms with Crippen LogP contribution >= 0.6 is 0 Å². The van der Waals surface area contributed by atoms with Crippen molar-refractivity contribution in [1.82, 2.24) is 15.6 Å². The van der Waals surface area contributed by atoms with Crippen molar-refractivity contribution in [2.45, 2.75) is 50.8 Å². The summed E-state index contributed by atoms with van der Waals surface area (Å²) in [6, 6.07) is 9.34. The number of aliphatic hydroxyl groups excluding tert-OH is 1. The Morgan fingerprint density at radius 3 is 2.73 bits per heavy atom. The first kappa shape index (κ1) is 24.8. The lowest BCUT2D eigenvalue weighted by Crippen LogP contribution is -2.27. The number of alkyl halides is 2. The van der Waals surface area contributed by atoms with Crippen LogP contribution in [0.15, 0.2) is 42.6 Å². The number of rotatable bonds is 9. The molecule has 0 aliphatic heterocycles. The molecule has 1 atom stereocenters. The first-order valence-electron chi connectivity index (χ1n) is 11.1. The van der Waals surface area contributed by atoms with Crippen LogP contribution in [-0.2, 0) is 13.0 Å². The van der Waals surface area contributed by atoms with E-state index in [-0.39, 0.29) is 24.7 Å². The number of methoxy groups -OCH3 is 1. The Labute approximate surface area is 193 Å². The predicted octanol–water partition coefficient (Wildman–Crippen LogP) is 3.94. The number of carbonyl (C=O) groups excluding carboxylic acids is 1. The number of ether oxygens (including phenoxy) is 1. The topological polar surface area (TPSA) is 83.5 Å². The monoisotopic (exact) mass is 459 g/mol. The number of pyridine rings is 1. The molecule has 6 nitrogen and oxygen atoms in total. The van der Waals surface area contributed by atoms with E-state index in [4.69, 9.17) is 4.74 Å². The summed E-state index contributed by atoms with van der Waals surface area (Å²) < 4.78 is 32.1. The maximum atomic E-state index is 13.4. The van der Waals surface area contributed by atoms with E-state index in [0.717, 1.165) is 11.1 Å². The number of aromatic nitrogens is 1. The normalized spacial score (nSPS) is 17.1. The van der Waals surface area contributed by atoms with Crippen LogP contribution in [0, 0.1) is 5.92 Å². The van der Waals surface area contributed by atoms with Gasteiger partial charge in [0, 0.05) is 37.6 Å². The highest BCUT2D eigenvalue weighted by Crippen LogP contribution is 2.37. The molecule has 0 spiro atoms. The molecule has 0 radical (unpaired) electrons. The molecule has 1 aliphatic rings. The third kappa shape index (κ3) is 7.33. The molecule has 0 bridgehead atoms. The summed E-state index contributed by atoms with van der Waals surface area (Å²) in [5.74, 6) is -2.40. The van der Waals surface area contributed by atoms with Gasteiger partial charge >= 0.3 is 0 Å². The van der Waals surface area contributed by atoms with Gasteiger partial charge in [0.1, 0.15) is 6.23 Å². The van der Waals surface area contributed by atoms with E-state index in [1.807, 2.05) is 30.3 Å². The third-order valence-electron chi connectivity index (χ3n) is 5.85. The van der Waals surface area contributed by atoms with Gasteiger partial charge in [-0.15, -0.1) is 0 Å². The SMILES string of the molecule is CNC(O)Cc1cccc(CNC(=O)c2cnc(OC)c(/C=C/C3CCC(F)(F)CC3)c2)c1. The van der Waals surface area contributed by atoms with Gasteiger partial charge in [0.25, 0.3) is 5.91 Å². The van der Waals surface area contributed by atoms with Crippen molar-refractivity contribution in [3.05, 3.63) is 64.9 Å². The second kappa shape index (κ2) is 11.3. The van der Waals surface area contributed by atoms with Crippen LogP contribution in [0.1, 0.15) is 52.7 Å². The van der Waals surface area contributed by atoms with E-state index in [2.05, 4.69) is 15.6 Å². The minimum Gasteiger partial charge on any atom is -0.481 e. The highest BCUT2D eigenvalue weighted by atomic mass is 19.3. The summed E-state index contributed by atoms with van der Waals surface area (Å²) in [7, 11) is 3.19. The Balaban J connectivity index is 1.64. The predicted molar refractivity (Wildman–Crippen MR) is 123 cm³/mol. The van der Waals surface area contributed by atoms with Gasteiger partial charge < -0.3 is 15.2 Å². The van der Waals surface area contributed by atoms with Gasteiger partial charge in [-0.2, -0.15) is 0 Å². The lowest BCUT2D eigenvalue weighted by molar-refractivity contribution is -0.0410. The maximum absolute atomic E-state index is 13.4. The Morgan fingerprint density at radius 2 is 2.03 bits per heavy atom. The van der Waals surface area contributed by atoms with Crippen LogP contribution in [0.25, 0.3) is 6.08 Å². The first-order chi connectivity index (χ1) is 15.8. The average molecular weight is 460 g/mol. The van der Waals surface area contributed by atoms with Crippen LogP contribution in [0.2, 0.25) is 0 Å². The van der Waals surface area contributed by atoms with Crippen molar-refractivity contribution in [2.24, 2.45) is 5.92 Å². The van der Waals surface area contributed by atoms with Crippen LogP contribution in [0.3, 0.4) is 0 Å². The van der Waals surface area contributed by atoms with Crippen molar-refractivity contribution < 1.29 is 23.4 Å². The zero-order valence-corrected chi connectivity index (χ0v) is 19.0. The van der Waals surface area contributed by atoms with Gasteiger partial charge in [-0.1, -0.05) is 36.4 Å². The summed E-state index contributed by atoms with van der Waals surface area (Å²) in [6.45, 7) is 0.329. The van der Waals surface area contributed by atoms with Crippen molar-refractivity contribution in [3.8, 4) is 5.88 Å². The summed E-state index contributed by atoms with van der Waals surface area (Å²) >= 11 is 0. The molecule has 178 valence electrons. The molecule has 1 aromatic carbocycles. The zero-order chi connectivity index (χ0) is 23.8. The van der Waals surface area contributed by atoms with Crippen LogP contribution in [0.5, 0.6) is 5.88 Å². The molecule has 1 saturated carbocycles. The quantitative estimate of drug-likeness (QED) is 0.495. The van der Waals surface area contributed by atoms with E-state index in [9.17, 15) is 18.7 Å². The number of hydrogen-bond donors (Lipinski definition) is 3. The van der Waals surface area contributed by atoms with Gasteiger partial charge in [0.15, 0.2) is 0 Å². The van der Waals surface area contributed by atoms with Crippen LogP contribution in [-0.4, -0.2) is 42.3 Å². The van der Waals surface area contributed by atoms with Crippen molar-refractivity contribution in [3.63, 3.8) is 0 Å². The smallest absolute Gasteiger partial charge is 0.253 e. The van der Waals surface area contributed by atoms with Gasteiger partial charge in [0.05, 0.1) is 12.7 Å². The minimum absolute atomic E-state index is 0.0699. The summed E-state index contributed by atoms with van der Waals surface area (Å²) in [4.78, 5) is 16.9. The van der Waals surface area contributed by atoms with Crippen LogP contribution in [0.4, 0.5) is 8.78 Å². The first-order valence-corrected chi connectivity index (χ1v) is 11.1. The van der Waals surface area contributed by atoms with Crippen molar-refractivity contribution >= 4 is 12.0 Å². The highest BCUT2D eigenvalue weighted by Gasteiger charge is 2.33. The molecule has 1 aliphatic carbocycles. The average Bonchev–Trinajstić information content (AvgIpc) is 2.81. The molecule has 1 heterocycles. The molecular formula is C25H31F2N3O3. The van der Waals surface area contributed by atoms with Crippen LogP contribution < -0.4 is 15.4 Å². The maximum Gasteiger partial charge on any atom is 0.253 e. The van der Waals surface area contributed by atoms with Gasteiger partial charge in [-0.3, -0.25) is 10.1 Å². The molecular weight excluding hydrogens is 428 g/mol. The van der Waals surface area contributed by atoms with E-state index < -0.39 is 12.2 Å². The number of nitrogens with one attached hydrogen (secondary N) is 2. The largest absolute Gasteiger partial charge is 0.481 e. The fourth-order valence-corrected chi connectivity index (χ4v) is 3.85. The molecule has 8 heteroatoms. The minimum atomic E-state index is -2.56. The lowest BCUT2D eigenvalue weighted by Gasteiger charge is -2.26. The number of amides is 1. The molecule has 3 rings (SSSR count). The Bertz CT molecular complexity index is 971. The van der Waals surface area contributed by atoms with E-state index in [1.165, 1.54) is 13.3 Å². The van der Waals surface area contributed by atoms with E-state index in [1.54, 1.807) is 19.2 Å². The van der Waals surface area contributed by atoms with Gasteiger partial charge in [0.2, 0.25) is 11.8 Å². The van der Waals surface area contributed by atoms with Crippen molar-refractivity contribution in [1.29, 1.82) is 0 Å². The van der Waals surface area contributed by atoms with E-state index >= 15 is 0 Å². The number of allylic oxidation sites excluding steroid dienone is 1. The summed E-state index contributed by atoms with van der Waals surface area (Å²) in [6.07, 6.45) is 5.66. The third-order valence-corrected chi connectivity index (χ3v) is 5.85. The Kier molecular flexibility index (Phi) is 8.52. The number of benzene rings is 1. The zero-order valence-electron chi connectivity index (χ0n) is 19.0. The number of halogens is 2. The molecule has 1 aromatic heterocycles. The molecule has 3 N–H and O–H groups in total. The second-order valence-electron chi connectivity index (χ2n) is 8.39. The number of nitrogens with zero attached hydrogens (tertiary/aromatic N) is 1. The summed E-state index contributed by atoms with van der Waals surface area (Å²) in [5.41, 5.74) is 2.89. The fraction of sp³-hybridized carbons (Fsp3) is 0.440. The number of carbonyl (C=O) groups is 1. The molecule has 2 aromatic rings. The molecule has 1 fully saturated rings. The molecule has 1 unspecified atom stereocenters. The molecule has 33 heavy (non-hydrogen) atoms. The van der Waals surface area contributed by atoms with Crippen molar-refractivity contribution in [2.75, 3.05) is 14.2 Å². The van der Waals surface area contributed by atoms with Gasteiger partial charge in [-0.05, 0) is 43.0 Å². The van der Waals surface area contributed by atoms with E-state index in [0.29, 0.717) is 42.8 Å². The second-order valence-corrected chi connectivity index (χ2v) is 8.39. The Morgan fingerprint density at radius 1 is 1.30 bits per heavy atom. The standard InChI is InChI=1S/C25H31F2N3O3/c1-28-22(31)13-18-4-3-5-19(12-18)15-29-23(32)21-14-20(24(33-2)30-16-21)7-6-17-8-10-25(26,27)11-9-17/h3-7,12,14,16-17,22,28,31H,8-11,13,15H2,1-2H3,(H,29,32)/b7-6+. The summed E-state index contributed by atoms with van der Waals surface area (Å²) in [5, 5.41) is 15.4. The fourth-order valence-electron chi connectivity index (χ4n) is 3.85. The molecule has 0 saturated heterocycles.